The molecule has 1 aromatic carbocycles. The van der Waals surface area contributed by atoms with Crippen LogP contribution in [0.4, 0.5) is 8.78 Å². The second-order valence-corrected chi connectivity index (χ2v) is 4.99. The van der Waals surface area contributed by atoms with Crippen LogP contribution in [0.1, 0.15) is 12.0 Å². The summed E-state index contributed by atoms with van der Waals surface area (Å²) in [6.07, 6.45) is 0.943. The molecular weight excluding hydrogens is 308 g/mol. The van der Waals surface area contributed by atoms with E-state index in [1.165, 1.54) is 0 Å². The Morgan fingerprint density at radius 3 is 3.00 bits per heavy atom. The highest BCUT2D eigenvalue weighted by Gasteiger charge is 2.16. The Morgan fingerprint density at radius 1 is 1.50 bits per heavy atom. The molecule has 2 rings (SSSR count). The molecule has 1 atom stereocenters. The van der Waals surface area contributed by atoms with Crippen molar-refractivity contribution in [2.24, 2.45) is 0 Å². The largest absolute Gasteiger partial charge is 0.434 e. The predicted octanol–water partition coefficient (Wildman–Crippen LogP) is 2.93. The maximum atomic E-state index is 12.3. The van der Waals surface area contributed by atoms with E-state index in [0.717, 1.165) is 17.5 Å². The smallest absolute Gasteiger partial charge is 0.387 e. The van der Waals surface area contributed by atoms with Gasteiger partial charge < -0.3 is 14.8 Å². The van der Waals surface area contributed by atoms with Crippen LogP contribution in [0.25, 0.3) is 0 Å². The third-order valence-corrected chi connectivity index (χ3v) is 3.24. The van der Waals surface area contributed by atoms with Crippen molar-refractivity contribution >= 4 is 15.9 Å². The molecule has 100 valence electrons. The van der Waals surface area contributed by atoms with Gasteiger partial charge in [0.05, 0.1) is 6.61 Å². The SMILES string of the molecule is FC(F)Oc1ccc(Br)cc1CNC1CCOC1. The predicted molar refractivity (Wildman–Crippen MR) is 66.8 cm³/mol. The molecule has 0 saturated carbocycles. The molecule has 0 aromatic heterocycles. The summed E-state index contributed by atoms with van der Waals surface area (Å²) in [6.45, 7) is -0.912. The highest BCUT2D eigenvalue weighted by Crippen LogP contribution is 2.25. The summed E-state index contributed by atoms with van der Waals surface area (Å²) in [7, 11) is 0. The molecule has 0 bridgehead atoms. The van der Waals surface area contributed by atoms with Crippen LogP contribution in [0.5, 0.6) is 5.75 Å². The summed E-state index contributed by atoms with van der Waals surface area (Å²) in [5, 5.41) is 3.27. The number of halogens is 3. The van der Waals surface area contributed by atoms with Gasteiger partial charge in [-0.2, -0.15) is 8.78 Å². The second-order valence-electron chi connectivity index (χ2n) is 4.07. The van der Waals surface area contributed by atoms with E-state index in [4.69, 9.17) is 4.74 Å². The van der Waals surface area contributed by atoms with Crippen molar-refractivity contribution in [1.82, 2.24) is 5.32 Å². The number of benzene rings is 1. The molecule has 6 heteroatoms. The third-order valence-electron chi connectivity index (χ3n) is 2.75. The minimum atomic E-state index is -2.81. The Balaban J connectivity index is 2.01. The first-order chi connectivity index (χ1) is 8.65. The number of alkyl halides is 2. The van der Waals surface area contributed by atoms with E-state index in [1.54, 1.807) is 18.2 Å². The topological polar surface area (TPSA) is 30.5 Å². The van der Waals surface area contributed by atoms with Crippen molar-refractivity contribution in [2.45, 2.75) is 25.6 Å². The summed E-state index contributed by atoms with van der Waals surface area (Å²) in [5.74, 6) is 0.208. The Kier molecular flexibility index (Phi) is 4.91. The van der Waals surface area contributed by atoms with Crippen LogP contribution in [0.15, 0.2) is 22.7 Å². The molecule has 0 amide bonds. The molecule has 1 heterocycles. The minimum Gasteiger partial charge on any atom is -0.434 e. The zero-order valence-corrected chi connectivity index (χ0v) is 11.3. The first-order valence-electron chi connectivity index (χ1n) is 5.69. The van der Waals surface area contributed by atoms with Crippen LogP contribution in [0.2, 0.25) is 0 Å². The van der Waals surface area contributed by atoms with E-state index in [-0.39, 0.29) is 11.8 Å². The van der Waals surface area contributed by atoms with Gasteiger partial charge in [0.2, 0.25) is 0 Å². The lowest BCUT2D eigenvalue weighted by molar-refractivity contribution is -0.0505. The Morgan fingerprint density at radius 2 is 2.33 bits per heavy atom. The minimum absolute atomic E-state index is 0.208. The molecule has 1 fully saturated rings. The van der Waals surface area contributed by atoms with Gasteiger partial charge in [-0.3, -0.25) is 0 Å². The van der Waals surface area contributed by atoms with E-state index in [9.17, 15) is 8.78 Å². The highest BCUT2D eigenvalue weighted by molar-refractivity contribution is 9.10. The van der Waals surface area contributed by atoms with Gasteiger partial charge in [0.1, 0.15) is 5.75 Å². The Labute approximate surface area is 113 Å². The van der Waals surface area contributed by atoms with Crippen LogP contribution < -0.4 is 10.1 Å². The summed E-state index contributed by atoms with van der Waals surface area (Å²) >= 11 is 3.32. The zero-order chi connectivity index (χ0) is 13.0. The lowest BCUT2D eigenvalue weighted by Crippen LogP contribution is -2.28. The molecule has 0 aliphatic carbocycles. The van der Waals surface area contributed by atoms with Gasteiger partial charge in [-0.1, -0.05) is 15.9 Å². The molecule has 3 nitrogen and oxygen atoms in total. The normalized spacial score (nSPS) is 19.4. The Hall–Kier alpha value is -0.720. The molecule has 0 radical (unpaired) electrons. The van der Waals surface area contributed by atoms with E-state index >= 15 is 0 Å². The summed E-state index contributed by atoms with van der Waals surface area (Å²) in [5.41, 5.74) is 0.705. The molecule has 18 heavy (non-hydrogen) atoms. The second kappa shape index (κ2) is 6.45. The van der Waals surface area contributed by atoms with Crippen LogP contribution in [-0.4, -0.2) is 25.9 Å². The van der Waals surface area contributed by atoms with E-state index in [0.29, 0.717) is 18.7 Å². The quantitative estimate of drug-likeness (QED) is 0.904. The number of nitrogens with one attached hydrogen (secondary N) is 1. The van der Waals surface area contributed by atoms with Crippen molar-refractivity contribution in [1.29, 1.82) is 0 Å². The molecule has 1 aromatic rings. The molecule has 1 aliphatic heterocycles. The van der Waals surface area contributed by atoms with Crippen molar-refractivity contribution < 1.29 is 18.3 Å². The first kappa shape index (κ1) is 13.7. The fourth-order valence-electron chi connectivity index (χ4n) is 1.85. The van der Waals surface area contributed by atoms with E-state index in [2.05, 4.69) is 26.0 Å². The molecule has 1 saturated heterocycles. The monoisotopic (exact) mass is 321 g/mol. The molecular formula is C12H14BrF2NO2. The number of rotatable bonds is 5. The highest BCUT2D eigenvalue weighted by atomic mass is 79.9. The standard InChI is InChI=1S/C12H14BrF2NO2/c13-9-1-2-11(18-12(14)15)8(5-9)6-16-10-3-4-17-7-10/h1-2,5,10,12,16H,3-4,6-7H2. The van der Waals surface area contributed by atoms with Gasteiger partial charge in [-0.05, 0) is 24.6 Å². The summed E-state index contributed by atoms with van der Waals surface area (Å²) in [4.78, 5) is 0. The third kappa shape index (κ3) is 3.90. The van der Waals surface area contributed by atoms with Crippen LogP contribution in [-0.2, 0) is 11.3 Å². The van der Waals surface area contributed by atoms with E-state index in [1.807, 2.05) is 0 Å². The van der Waals surface area contributed by atoms with Gasteiger partial charge in [0.25, 0.3) is 0 Å². The molecule has 1 N–H and O–H groups in total. The van der Waals surface area contributed by atoms with Gasteiger partial charge in [0, 0.05) is 29.2 Å². The summed E-state index contributed by atoms with van der Waals surface area (Å²) in [6, 6.07) is 5.28. The lowest BCUT2D eigenvalue weighted by atomic mass is 10.2. The van der Waals surface area contributed by atoms with Crippen molar-refractivity contribution in [3.05, 3.63) is 28.2 Å². The lowest BCUT2D eigenvalue weighted by Gasteiger charge is -2.14. The molecule has 1 aliphatic rings. The number of hydrogen-bond acceptors (Lipinski definition) is 3. The average molecular weight is 322 g/mol. The molecule has 1 unspecified atom stereocenters. The van der Waals surface area contributed by atoms with Crippen molar-refractivity contribution in [3.63, 3.8) is 0 Å². The Bertz CT molecular complexity index is 398. The van der Waals surface area contributed by atoms with Crippen molar-refractivity contribution in [2.75, 3.05) is 13.2 Å². The fraction of sp³-hybridized carbons (Fsp3) is 0.500. The van der Waals surface area contributed by atoms with Gasteiger partial charge >= 0.3 is 6.61 Å². The molecule has 0 spiro atoms. The summed E-state index contributed by atoms with van der Waals surface area (Å²) < 4.78 is 35.1. The van der Waals surface area contributed by atoms with Gasteiger partial charge in [-0.15, -0.1) is 0 Å². The fourth-order valence-corrected chi connectivity index (χ4v) is 2.26. The van der Waals surface area contributed by atoms with Crippen LogP contribution >= 0.6 is 15.9 Å². The van der Waals surface area contributed by atoms with Gasteiger partial charge in [-0.25, -0.2) is 0 Å². The van der Waals surface area contributed by atoms with Crippen LogP contribution in [0.3, 0.4) is 0 Å². The van der Waals surface area contributed by atoms with Crippen LogP contribution in [0, 0.1) is 0 Å². The zero-order valence-electron chi connectivity index (χ0n) is 9.67. The van der Waals surface area contributed by atoms with E-state index < -0.39 is 6.61 Å². The maximum absolute atomic E-state index is 12.3. The number of hydrogen-bond donors (Lipinski definition) is 1. The first-order valence-corrected chi connectivity index (χ1v) is 6.49. The van der Waals surface area contributed by atoms with Crippen molar-refractivity contribution in [3.8, 4) is 5.75 Å². The maximum Gasteiger partial charge on any atom is 0.387 e. The number of ether oxygens (including phenoxy) is 2. The average Bonchev–Trinajstić information content (AvgIpc) is 2.82. The van der Waals surface area contributed by atoms with Gasteiger partial charge in [0.15, 0.2) is 0 Å².